The second kappa shape index (κ2) is 6.99. The first kappa shape index (κ1) is 14.4. The van der Waals surface area contributed by atoms with E-state index < -0.39 is 0 Å². The quantitative estimate of drug-likeness (QED) is 0.766. The summed E-state index contributed by atoms with van der Waals surface area (Å²) in [5.41, 5.74) is 3.04. The van der Waals surface area contributed by atoms with E-state index in [0.29, 0.717) is 12.8 Å². The molecule has 0 unspecified atom stereocenters. The van der Waals surface area contributed by atoms with Gasteiger partial charge in [0.1, 0.15) is 11.6 Å². The highest BCUT2D eigenvalue weighted by Crippen LogP contribution is 2.13. The third kappa shape index (κ3) is 4.30. The maximum atomic E-state index is 13.0. The average molecular weight is 270 g/mol. The lowest BCUT2D eigenvalue weighted by Gasteiger charge is -2.05. The Morgan fingerprint density at radius 1 is 1.10 bits per heavy atom. The minimum Gasteiger partial charge on any atom is -0.299 e. The largest absolute Gasteiger partial charge is 0.299 e. The number of rotatable bonds is 6. The van der Waals surface area contributed by atoms with Crippen LogP contribution < -0.4 is 0 Å². The van der Waals surface area contributed by atoms with Crippen LogP contribution in [0.3, 0.4) is 0 Å². The van der Waals surface area contributed by atoms with Gasteiger partial charge in [-0.25, -0.2) is 4.39 Å². The van der Waals surface area contributed by atoms with Gasteiger partial charge in [-0.2, -0.15) is 0 Å². The fraction of sp³-hybridized carbons (Fsp3) is 0.278. The summed E-state index contributed by atoms with van der Waals surface area (Å²) < 4.78 is 13.0. The topological polar surface area (TPSA) is 17.1 Å². The standard InChI is InChI=1S/C18H19FO/c1-14-12-17(19)11-10-16(14)13-18(20)9-5-8-15-6-3-2-4-7-15/h2-4,6-7,10-12H,5,8-9,13H2,1H3. The molecule has 0 spiro atoms. The number of aryl methyl sites for hydroxylation is 2. The van der Waals surface area contributed by atoms with Crippen LogP contribution in [0, 0.1) is 12.7 Å². The van der Waals surface area contributed by atoms with Gasteiger partial charge in [0.15, 0.2) is 0 Å². The predicted octanol–water partition coefficient (Wildman–Crippen LogP) is 4.27. The van der Waals surface area contributed by atoms with Gasteiger partial charge >= 0.3 is 0 Å². The molecule has 0 saturated carbocycles. The summed E-state index contributed by atoms with van der Waals surface area (Å²) >= 11 is 0. The average Bonchev–Trinajstić information content (AvgIpc) is 2.43. The molecule has 0 atom stereocenters. The van der Waals surface area contributed by atoms with E-state index in [1.807, 2.05) is 25.1 Å². The number of Topliss-reactive ketones (excluding diaryl/α,β-unsaturated/α-hetero) is 1. The second-order valence-corrected chi connectivity index (χ2v) is 5.13. The third-order valence-electron chi connectivity index (χ3n) is 3.46. The molecule has 0 heterocycles. The van der Waals surface area contributed by atoms with Gasteiger partial charge in [-0.05, 0) is 48.6 Å². The van der Waals surface area contributed by atoms with E-state index in [-0.39, 0.29) is 11.6 Å². The molecule has 0 fully saturated rings. The molecule has 0 aliphatic heterocycles. The minimum atomic E-state index is -0.247. The van der Waals surface area contributed by atoms with E-state index in [1.165, 1.54) is 17.7 Å². The van der Waals surface area contributed by atoms with E-state index >= 15 is 0 Å². The third-order valence-corrected chi connectivity index (χ3v) is 3.46. The molecular formula is C18H19FO. The van der Waals surface area contributed by atoms with Crippen molar-refractivity contribution in [2.45, 2.75) is 32.6 Å². The summed E-state index contributed by atoms with van der Waals surface area (Å²) in [6.07, 6.45) is 2.77. The highest BCUT2D eigenvalue weighted by Gasteiger charge is 2.07. The minimum absolute atomic E-state index is 0.218. The predicted molar refractivity (Wildman–Crippen MR) is 79.2 cm³/mol. The van der Waals surface area contributed by atoms with Crippen molar-refractivity contribution >= 4 is 5.78 Å². The molecule has 0 radical (unpaired) electrons. The van der Waals surface area contributed by atoms with Gasteiger partial charge in [0.05, 0.1) is 0 Å². The van der Waals surface area contributed by atoms with Crippen molar-refractivity contribution in [3.8, 4) is 0 Å². The number of carbonyl (C=O) groups excluding carboxylic acids is 1. The van der Waals surface area contributed by atoms with Crippen LogP contribution in [0.5, 0.6) is 0 Å². The lowest BCUT2D eigenvalue weighted by molar-refractivity contribution is -0.118. The highest BCUT2D eigenvalue weighted by atomic mass is 19.1. The summed E-state index contributed by atoms with van der Waals surface area (Å²) in [6.45, 7) is 1.84. The molecule has 0 aliphatic carbocycles. The zero-order valence-electron chi connectivity index (χ0n) is 11.7. The van der Waals surface area contributed by atoms with E-state index in [2.05, 4.69) is 12.1 Å². The normalized spacial score (nSPS) is 10.5. The molecule has 0 saturated heterocycles. The van der Waals surface area contributed by atoms with Gasteiger partial charge in [0.2, 0.25) is 0 Å². The van der Waals surface area contributed by atoms with Gasteiger partial charge in [0.25, 0.3) is 0 Å². The molecule has 20 heavy (non-hydrogen) atoms. The first-order valence-electron chi connectivity index (χ1n) is 6.96. The van der Waals surface area contributed by atoms with Crippen LogP contribution >= 0.6 is 0 Å². The number of hydrogen-bond donors (Lipinski definition) is 0. The van der Waals surface area contributed by atoms with Crippen molar-refractivity contribution < 1.29 is 9.18 Å². The van der Waals surface area contributed by atoms with Crippen molar-refractivity contribution in [1.82, 2.24) is 0 Å². The fourth-order valence-corrected chi connectivity index (χ4v) is 2.29. The Kier molecular flexibility index (Phi) is 5.05. The smallest absolute Gasteiger partial charge is 0.137 e. The number of hydrogen-bond acceptors (Lipinski definition) is 1. The van der Waals surface area contributed by atoms with Gasteiger partial charge < -0.3 is 0 Å². The number of ketones is 1. The molecule has 2 heteroatoms. The zero-order chi connectivity index (χ0) is 14.4. The van der Waals surface area contributed by atoms with E-state index in [1.54, 1.807) is 6.07 Å². The van der Waals surface area contributed by atoms with Crippen LogP contribution in [0.15, 0.2) is 48.5 Å². The van der Waals surface area contributed by atoms with Gasteiger partial charge in [-0.1, -0.05) is 36.4 Å². The number of benzene rings is 2. The van der Waals surface area contributed by atoms with Crippen LogP contribution in [0.2, 0.25) is 0 Å². The maximum Gasteiger partial charge on any atom is 0.137 e. The van der Waals surface area contributed by atoms with Gasteiger partial charge in [-0.3, -0.25) is 4.79 Å². The fourth-order valence-electron chi connectivity index (χ4n) is 2.29. The Morgan fingerprint density at radius 3 is 2.55 bits per heavy atom. The van der Waals surface area contributed by atoms with Crippen molar-refractivity contribution in [3.63, 3.8) is 0 Å². The first-order chi connectivity index (χ1) is 9.65. The van der Waals surface area contributed by atoms with Crippen molar-refractivity contribution in [1.29, 1.82) is 0 Å². The van der Waals surface area contributed by atoms with Crippen LogP contribution in [0.4, 0.5) is 4.39 Å². The molecule has 1 nitrogen and oxygen atoms in total. The SMILES string of the molecule is Cc1cc(F)ccc1CC(=O)CCCc1ccccc1. The van der Waals surface area contributed by atoms with Crippen molar-refractivity contribution in [3.05, 3.63) is 71.0 Å². The van der Waals surface area contributed by atoms with E-state index in [4.69, 9.17) is 0 Å². The molecule has 0 amide bonds. The molecule has 2 aromatic carbocycles. The van der Waals surface area contributed by atoms with Gasteiger partial charge in [-0.15, -0.1) is 0 Å². The Balaban J connectivity index is 1.81. The molecule has 2 rings (SSSR count). The Bertz CT molecular complexity index is 575. The Hall–Kier alpha value is -1.96. The zero-order valence-corrected chi connectivity index (χ0v) is 11.7. The molecule has 0 aliphatic rings. The summed E-state index contributed by atoms with van der Waals surface area (Å²) in [6, 6.07) is 14.8. The highest BCUT2D eigenvalue weighted by molar-refractivity contribution is 5.81. The van der Waals surface area contributed by atoms with Crippen LogP contribution in [0.25, 0.3) is 0 Å². The number of halogens is 1. The second-order valence-electron chi connectivity index (χ2n) is 5.13. The molecule has 0 aromatic heterocycles. The summed E-state index contributed by atoms with van der Waals surface area (Å²) in [5.74, 6) is -0.0292. The molecule has 0 bridgehead atoms. The maximum absolute atomic E-state index is 13.0. The van der Waals surface area contributed by atoms with E-state index in [9.17, 15) is 9.18 Å². The lowest BCUT2D eigenvalue weighted by atomic mass is 9.99. The molecular weight excluding hydrogens is 251 g/mol. The van der Waals surface area contributed by atoms with Gasteiger partial charge in [0, 0.05) is 12.8 Å². The molecule has 2 aromatic rings. The van der Waals surface area contributed by atoms with Crippen LogP contribution in [-0.4, -0.2) is 5.78 Å². The molecule has 104 valence electrons. The first-order valence-corrected chi connectivity index (χ1v) is 6.96. The van der Waals surface area contributed by atoms with Crippen molar-refractivity contribution in [2.75, 3.05) is 0 Å². The summed E-state index contributed by atoms with van der Waals surface area (Å²) in [7, 11) is 0. The monoisotopic (exact) mass is 270 g/mol. The number of carbonyl (C=O) groups is 1. The Labute approximate surface area is 119 Å². The van der Waals surface area contributed by atoms with Crippen LogP contribution in [-0.2, 0) is 17.6 Å². The summed E-state index contributed by atoms with van der Waals surface area (Å²) in [5, 5.41) is 0. The Morgan fingerprint density at radius 2 is 1.85 bits per heavy atom. The van der Waals surface area contributed by atoms with Crippen LogP contribution in [0.1, 0.15) is 29.5 Å². The molecule has 0 N–H and O–H groups in total. The summed E-state index contributed by atoms with van der Waals surface area (Å²) in [4.78, 5) is 11.9. The van der Waals surface area contributed by atoms with Crippen molar-refractivity contribution in [2.24, 2.45) is 0 Å². The van der Waals surface area contributed by atoms with E-state index in [0.717, 1.165) is 24.0 Å². The lowest BCUT2D eigenvalue weighted by Crippen LogP contribution is -2.05.